The second kappa shape index (κ2) is 6.75. The van der Waals surface area contributed by atoms with Crippen LogP contribution in [0.1, 0.15) is 46.5 Å². The smallest absolute Gasteiger partial charge is 0.410 e. The Morgan fingerprint density at radius 1 is 1.33 bits per heavy atom. The Morgan fingerprint density at radius 2 is 2.10 bits per heavy atom. The average molecular weight is 299 g/mol. The molecule has 2 heterocycles. The van der Waals surface area contributed by atoms with Crippen LogP contribution in [0.4, 0.5) is 4.79 Å². The van der Waals surface area contributed by atoms with E-state index in [0.717, 1.165) is 25.5 Å². The molecule has 0 saturated carbocycles. The molecule has 6 nitrogen and oxygen atoms in total. The summed E-state index contributed by atoms with van der Waals surface area (Å²) in [6, 6.07) is -0.478. The maximum atomic E-state index is 12.1. The Bertz CT molecular complexity index is 373. The lowest BCUT2D eigenvalue weighted by Crippen LogP contribution is -2.41. The third-order valence-corrected chi connectivity index (χ3v) is 3.57. The molecule has 0 radical (unpaired) electrons. The molecule has 6 heteroatoms. The molecule has 0 aromatic carbocycles. The normalized spacial score (nSPS) is 30.2. The monoisotopic (exact) mass is 299 g/mol. The van der Waals surface area contributed by atoms with Gasteiger partial charge >= 0.3 is 6.09 Å². The lowest BCUT2D eigenvalue weighted by molar-refractivity contribution is -0.185. The number of rotatable bonds is 3. The molecular formula is C15H25NO5. The number of likely N-dealkylation sites (tertiary alicyclic amines) is 1. The standard InChI is InChI=1S/C15H25NO5/c1-15(2,3)21-14(18)16-9-12(8-11(16)10-17)20-13-6-4-5-7-19-13/h10-13H,4-9H2,1-3H3. The van der Waals surface area contributed by atoms with E-state index in [1.54, 1.807) is 20.8 Å². The van der Waals surface area contributed by atoms with Gasteiger partial charge in [-0.2, -0.15) is 0 Å². The molecule has 3 atom stereocenters. The zero-order chi connectivity index (χ0) is 15.5. The molecule has 21 heavy (non-hydrogen) atoms. The van der Waals surface area contributed by atoms with Gasteiger partial charge in [-0.15, -0.1) is 0 Å². The molecule has 2 aliphatic heterocycles. The lowest BCUT2D eigenvalue weighted by atomic mass is 10.2. The van der Waals surface area contributed by atoms with E-state index >= 15 is 0 Å². The third kappa shape index (κ3) is 4.68. The van der Waals surface area contributed by atoms with E-state index in [-0.39, 0.29) is 12.4 Å². The van der Waals surface area contributed by atoms with Gasteiger partial charge in [-0.3, -0.25) is 4.90 Å². The molecule has 120 valence electrons. The molecule has 2 aliphatic rings. The SMILES string of the molecule is CC(C)(C)OC(=O)N1CC(OC2CCCCO2)CC1C=O. The first-order valence-corrected chi connectivity index (χ1v) is 7.61. The molecular weight excluding hydrogens is 274 g/mol. The maximum Gasteiger partial charge on any atom is 0.410 e. The molecule has 0 spiro atoms. The summed E-state index contributed by atoms with van der Waals surface area (Å²) in [6.45, 7) is 6.50. The van der Waals surface area contributed by atoms with Crippen LogP contribution in [0, 0.1) is 0 Å². The minimum atomic E-state index is -0.573. The molecule has 2 rings (SSSR count). The van der Waals surface area contributed by atoms with Crippen LogP contribution in [0.3, 0.4) is 0 Å². The van der Waals surface area contributed by atoms with Crippen molar-refractivity contribution >= 4 is 12.4 Å². The Hall–Kier alpha value is -1.14. The molecule has 2 fully saturated rings. The van der Waals surface area contributed by atoms with Crippen molar-refractivity contribution in [3.8, 4) is 0 Å². The van der Waals surface area contributed by atoms with Crippen molar-refractivity contribution in [1.29, 1.82) is 0 Å². The van der Waals surface area contributed by atoms with Crippen LogP contribution < -0.4 is 0 Å². The summed E-state index contributed by atoms with van der Waals surface area (Å²) >= 11 is 0. The Balaban J connectivity index is 1.90. The van der Waals surface area contributed by atoms with Crippen molar-refractivity contribution in [2.24, 2.45) is 0 Å². The summed E-state index contributed by atoms with van der Waals surface area (Å²) in [4.78, 5) is 24.8. The van der Waals surface area contributed by atoms with E-state index in [2.05, 4.69) is 0 Å². The van der Waals surface area contributed by atoms with E-state index in [1.807, 2.05) is 0 Å². The van der Waals surface area contributed by atoms with E-state index in [9.17, 15) is 9.59 Å². The predicted molar refractivity (Wildman–Crippen MR) is 75.9 cm³/mol. The highest BCUT2D eigenvalue weighted by molar-refractivity contribution is 5.74. The van der Waals surface area contributed by atoms with Gasteiger partial charge in [0.25, 0.3) is 0 Å². The van der Waals surface area contributed by atoms with E-state index in [0.29, 0.717) is 19.6 Å². The summed E-state index contributed by atoms with van der Waals surface area (Å²) in [6.07, 6.45) is 3.46. The molecule has 2 saturated heterocycles. The highest BCUT2D eigenvalue weighted by atomic mass is 16.7. The number of hydrogen-bond donors (Lipinski definition) is 0. The van der Waals surface area contributed by atoms with Gasteiger partial charge in [-0.05, 0) is 40.0 Å². The van der Waals surface area contributed by atoms with Crippen LogP contribution in [0.5, 0.6) is 0 Å². The molecule has 3 unspecified atom stereocenters. The van der Waals surface area contributed by atoms with Crippen molar-refractivity contribution in [1.82, 2.24) is 4.90 Å². The summed E-state index contributed by atoms with van der Waals surface area (Å²) in [5, 5.41) is 0. The first-order chi connectivity index (χ1) is 9.89. The van der Waals surface area contributed by atoms with Crippen LogP contribution in [0.25, 0.3) is 0 Å². The van der Waals surface area contributed by atoms with Gasteiger partial charge < -0.3 is 19.0 Å². The number of ether oxygens (including phenoxy) is 3. The van der Waals surface area contributed by atoms with E-state index in [1.165, 1.54) is 4.90 Å². The Morgan fingerprint density at radius 3 is 2.67 bits per heavy atom. The van der Waals surface area contributed by atoms with E-state index in [4.69, 9.17) is 14.2 Å². The van der Waals surface area contributed by atoms with Gasteiger partial charge in [0.1, 0.15) is 11.9 Å². The van der Waals surface area contributed by atoms with Gasteiger partial charge in [-0.25, -0.2) is 4.79 Å². The van der Waals surface area contributed by atoms with Crippen molar-refractivity contribution in [2.45, 2.75) is 70.5 Å². The summed E-state index contributed by atoms with van der Waals surface area (Å²) in [5.41, 5.74) is -0.573. The second-order valence-corrected chi connectivity index (χ2v) is 6.63. The first-order valence-electron chi connectivity index (χ1n) is 7.61. The minimum Gasteiger partial charge on any atom is -0.444 e. The van der Waals surface area contributed by atoms with Crippen molar-refractivity contribution in [2.75, 3.05) is 13.2 Å². The number of carbonyl (C=O) groups is 2. The van der Waals surface area contributed by atoms with Gasteiger partial charge in [0, 0.05) is 13.0 Å². The fourth-order valence-corrected chi connectivity index (χ4v) is 2.62. The fraction of sp³-hybridized carbons (Fsp3) is 0.867. The second-order valence-electron chi connectivity index (χ2n) is 6.63. The topological polar surface area (TPSA) is 65.1 Å². The van der Waals surface area contributed by atoms with Crippen molar-refractivity contribution in [3.05, 3.63) is 0 Å². The highest BCUT2D eigenvalue weighted by Crippen LogP contribution is 2.25. The summed E-state index contributed by atoms with van der Waals surface area (Å²) in [7, 11) is 0. The van der Waals surface area contributed by atoms with E-state index < -0.39 is 17.7 Å². The molecule has 0 aliphatic carbocycles. The largest absolute Gasteiger partial charge is 0.444 e. The number of amides is 1. The van der Waals surface area contributed by atoms with Crippen LogP contribution in [0.15, 0.2) is 0 Å². The minimum absolute atomic E-state index is 0.171. The van der Waals surface area contributed by atoms with Gasteiger partial charge in [0.05, 0.1) is 18.7 Å². The quantitative estimate of drug-likeness (QED) is 0.747. The van der Waals surface area contributed by atoms with Crippen LogP contribution in [0.2, 0.25) is 0 Å². The molecule has 0 N–H and O–H groups in total. The predicted octanol–water partition coefficient (Wildman–Crippen LogP) is 2.11. The molecule has 1 amide bonds. The number of carbonyl (C=O) groups excluding carboxylic acids is 2. The maximum absolute atomic E-state index is 12.1. The zero-order valence-corrected chi connectivity index (χ0v) is 13.0. The first kappa shape index (κ1) is 16.2. The van der Waals surface area contributed by atoms with Crippen LogP contribution >= 0.6 is 0 Å². The van der Waals surface area contributed by atoms with Crippen LogP contribution in [-0.2, 0) is 19.0 Å². The highest BCUT2D eigenvalue weighted by Gasteiger charge is 2.39. The summed E-state index contributed by atoms with van der Waals surface area (Å²) < 4.78 is 16.7. The number of nitrogens with zero attached hydrogens (tertiary/aromatic N) is 1. The summed E-state index contributed by atoms with van der Waals surface area (Å²) in [5.74, 6) is 0. The molecule has 0 aromatic heterocycles. The van der Waals surface area contributed by atoms with Gasteiger partial charge in [0.2, 0.25) is 0 Å². The third-order valence-electron chi connectivity index (χ3n) is 3.57. The number of aldehydes is 1. The lowest BCUT2D eigenvalue weighted by Gasteiger charge is -2.27. The Labute approximate surface area is 125 Å². The number of hydrogen-bond acceptors (Lipinski definition) is 5. The zero-order valence-electron chi connectivity index (χ0n) is 13.0. The fourth-order valence-electron chi connectivity index (χ4n) is 2.62. The average Bonchev–Trinajstić information content (AvgIpc) is 2.81. The van der Waals surface area contributed by atoms with Crippen molar-refractivity contribution < 1.29 is 23.8 Å². The van der Waals surface area contributed by atoms with Crippen LogP contribution in [-0.4, -0.2) is 54.5 Å². The molecule has 0 aromatic rings. The van der Waals surface area contributed by atoms with Gasteiger partial charge in [-0.1, -0.05) is 0 Å². The Kier molecular flexibility index (Phi) is 5.22. The van der Waals surface area contributed by atoms with Crippen molar-refractivity contribution in [3.63, 3.8) is 0 Å². The molecule has 0 bridgehead atoms. The van der Waals surface area contributed by atoms with Gasteiger partial charge in [0.15, 0.2) is 6.29 Å².